The van der Waals surface area contributed by atoms with Crippen LogP contribution in [0.25, 0.3) is 10.6 Å². The second kappa shape index (κ2) is 6.68. The van der Waals surface area contributed by atoms with E-state index in [-0.39, 0.29) is 23.5 Å². The van der Waals surface area contributed by atoms with Gasteiger partial charge in [0, 0.05) is 13.1 Å². The Morgan fingerprint density at radius 3 is 2.71 bits per heavy atom. The van der Waals surface area contributed by atoms with Crippen LogP contribution in [0.5, 0.6) is 0 Å². The number of carbonyl (C=O) groups is 1. The van der Waals surface area contributed by atoms with Gasteiger partial charge in [0.25, 0.3) is 5.91 Å². The number of rotatable bonds is 5. The summed E-state index contributed by atoms with van der Waals surface area (Å²) in [5, 5.41) is 6.46. The maximum absolute atomic E-state index is 12.6. The van der Waals surface area contributed by atoms with Crippen LogP contribution < -0.4 is 0 Å². The van der Waals surface area contributed by atoms with Crippen LogP contribution in [0, 0.1) is 0 Å². The number of hydrogen-bond acceptors (Lipinski definition) is 5. The highest BCUT2D eigenvalue weighted by atomic mass is 32.2. The summed E-state index contributed by atoms with van der Waals surface area (Å²) in [6.07, 6.45) is 0.543. The first kappa shape index (κ1) is 17.2. The van der Waals surface area contributed by atoms with E-state index in [0.29, 0.717) is 25.2 Å². The van der Waals surface area contributed by atoms with Gasteiger partial charge in [-0.2, -0.15) is 5.10 Å². The minimum atomic E-state index is -3.02. The van der Waals surface area contributed by atoms with Gasteiger partial charge in [-0.15, -0.1) is 11.3 Å². The first-order chi connectivity index (χ1) is 11.4. The van der Waals surface area contributed by atoms with Crippen LogP contribution in [0.4, 0.5) is 0 Å². The molecule has 1 saturated heterocycles. The summed E-state index contributed by atoms with van der Waals surface area (Å²) in [6.45, 7) is 5.10. The molecule has 1 unspecified atom stereocenters. The Kier molecular flexibility index (Phi) is 4.78. The summed E-state index contributed by atoms with van der Waals surface area (Å²) in [5.74, 6) is 0.157. The summed E-state index contributed by atoms with van der Waals surface area (Å²) in [6, 6.07) is 5.49. The molecule has 1 aliphatic rings. The van der Waals surface area contributed by atoms with Gasteiger partial charge in [-0.25, -0.2) is 8.42 Å². The topological polar surface area (TPSA) is 72.3 Å². The lowest BCUT2D eigenvalue weighted by Gasteiger charge is -2.17. The maximum Gasteiger partial charge on any atom is 0.274 e. The van der Waals surface area contributed by atoms with Crippen molar-refractivity contribution in [2.45, 2.75) is 26.3 Å². The van der Waals surface area contributed by atoms with Crippen LogP contribution in [0.3, 0.4) is 0 Å². The molecule has 130 valence electrons. The Morgan fingerprint density at radius 1 is 1.42 bits per heavy atom. The molecule has 0 saturated carbocycles. The molecule has 1 amide bonds. The molecule has 2 aromatic rings. The van der Waals surface area contributed by atoms with Crippen molar-refractivity contribution in [3.8, 4) is 10.6 Å². The zero-order valence-corrected chi connectivity index (χ0v) is 15.4. The third-order valence-corrected chi connectivity index (χ3v) is 6.98. The Bertz CT molecular complexity index is 821. The molecule has 8 heteroatoms. The quantitative estimate of drug-likeness (QED) is 0.814. The van der Waals surface area contributed by atoms with Crippen molar-refractivity contribution in [3.63, 3.8) is 0 Å². The van der Waals surface area contributed by atoms with Gasteiger partial charge in [0.05, 0.1) is 28.1 Å². The van der Waals surface area contributed by atoms with Crippen LogP contribution in [0.1, 0.15) is 36.8 Å². The summed E-state index contributed by atoms with van der Waals surface area (Å²) < 4.78 is 25.4. The van der Waals surface area contributed by atoms with Crippen molar-refractivity contribution in [2.75, 3.05) is 24.6 Å². The fraction of sp³-hybridized carbons (Fsp3) is 0.500. The molecule has 0 bridgehead atoms. The van der Waals surface area contributed by atoms with Crippen LogP contribution in [-0.2, 0) is 9.84 Å². The van der Waals surface area contributed by atoms with E-state index >= 15 is 0 Å². The molecule has 3 heterocycles. The first-order valence-electron chi connectivity index (χ1n) is 8.08. The van der Waals surface area contributed by atoms with Crippen LogP contribution >= 0.6 is 11.3 Å². The average Bonchev–Trinajstić information content (AvgIpc) is 3.25. The Labute approximate surface area is 146 Å². The molecule has 1 aliphatic heterocycles. The van der Waals surface area contributed by atoms with Crippen LogP contribution in [0.15, 0.2) is 23.6 Å². The van der Waals surface area contributed by atoms with Gasteiger partial charge in [-0.1, -0.05) is 6.07 Å². The number of thiophene rings is 1. The van der Waals surface area contributed by atoms with Crippen molar-refractivity contribution >= 4 is 27.1 Å². The summed E-state index contributed by atoms with van der Waals surface area (Å²) in [5.41, 5.74) is 1.20. The highest BCUT2D eigenvalue weighted by Gasteiger charge is 2.32. The molecule has 1 fully saturated rings. The number of amides is 1. The van der Waals surface area contributed by atoms with E-state index < -0.39 is 9.84 Å². The number of sulfone groups is 1. The lowest BCUT2D eigenvalue weighted by Crippen LogP contribution is -2.31. The van der Waals surface area contributed by atoms with Gasteiger partial charge in [0.1, 0.15) is 0 Å². The zero-order valence-electron chi connectivity index (χ0n) is 13.8. The van der Waals surface area contributed by atoms with Gasteiger partial charge in [-0.05, 0) is 37.8 Å². The molecular weight excluding hydrogens is 346 g/mol. The summed E-state index contributed by atoms with van der Waals surface area (Å²) in [4.78, 5) is 15.3. The van der Waals surface area contributed by atoms with Crippen molar-refractivity contribution in [1.29, 1.82) is 0 Å². The van der Waals surface area contributed by atoms with Crippen LogP contribution in [-0.4, -0.2) is 53.6 Å². The van der Waals surface area contributed by atoms with Crippen LogP contribution in [0.2, 0.25) is 0 Å². The highest BCUT2D eigenvalue weighted by molar-refractivity contribution is 7.91. The van der Waals surface area contributed by atoms with Crippen molar-refractivity contribution in [1.82, 2.24) is 14.7 Å². The molecule has 3 rings (SSSR count). The monoisotopic (exact) mass is 367 g/mol. The fourth-order valence-corrected chi connectivity index (χ4v) is 5.45. The lowest BCUT2D eigenvalue weighted by atomic mass is 10.2. The summed E-state index contributed by atoms with van der Waals surface area (Å²) in [7, 11) is -3.02. The van der Waals surface area contributed by atoms with Crippen molar-refractivity contribution < 1.29 is 13.2 Å². The normalized spacial score (nSPS) is 19.5. The molecule has 24 heavy (non-hydrogen) atoms. The molecule has 0 aliphatic carbocycles. The van der Waals surface area contributed by atoms with Crippen molar-refractivity contribution in [3.05, 3.63) is 29.3 Å². The molecule has 0 aromatic carbocycles. The Morgan fingerprint density at radius 2 is 2.17 bits per heavy atom. The van der Waals surface area contributed by atoms with Gasteiger partial charge in [0.2, 0.25) is 0 Å². The van der Waals surface area contributed by atoms with E-state index in [1.54, 1.807) is 27.0 Å². The summed E-state index contributed by atoms with van der Waals surface area (Å²) >= 11 is 1.56. The predicted octanol–water partition coefficient (Wildman–Crippen LogP) is 2.45. The number of hydrogen-bond donors (Lipinski definition) is 0. The number of nitrogens with zero attached hydrogens (tertiary/aromatic N) is 3. The van der Waals surface area contributed by atoms with E-state index in [1.807, 2.05) is 31.4 Å². The molecular formula is C16H21N3O3S2. The Balaban J connectivity index is 2.02. The largest absolute Gasteiger partial charge is 0.338 e. The predicted molar refractivity (Wildman–Crippen MR) is 95.1 cm³/mol. The second-order valence-corrected chi connectivity index (χ2v) is 9.05. The SMILES string of the molecule is CCN(CC)C(=O)c1cc(-c2cccs2)n(C2CCS(=O)(=O)C2)n1. The Hall–Kier alpha value is -1.67. The molecule has 0 radical (unpaired) electrons. The van der Waals surface area contributed by atoms with Gasteiger partial charge < -0.3 is 4.90 Å². The molecule has 2 aromatic heterocycles. The minimum Gasteiger partial charge on any atom is -0.338 e. The maximum atomic E-state index is 12.6. The zero-order chi connectivity index (χ0) is 17.3. The molecule has 0 spiro atoms. The average molecular weight is 367 g/mol. The van der Waals surface area contributed by atoms with Crippen molar-refractivity contribution in [2.24, 2.45) is 0 Å². The molecule has 1 atom stereocenters. The molecule has 0 N–H and O–H groups in total. The van der Waals surface area contributed by atoms with Gasteiger partial charge >= 0.3 is 0 Å². The van der Waals surface area contributed by atoms with E-state index in [1.165, 1.54) is 0 Å². The van der Waals surface area contributed by atoms with E-state index in [4.69, 9.17) is 0 Å². The van der Waals surface area contributed by atoms with E-state index in [9.17, 15) is 13.2 Å². The smallest absolute Gasteiger partial charge is 0.274 e. The lowest BCUT2D eigenvalue weighted by molar-refractivity contribution is 0.0766. The molecule has 6 nitrogen and oxygen atoms in total. The number of carbonyl (C=O) groups excluding carboxylic acids is 1. The fourth-order valence-electron chi connectivity index (χ4n) is 3.03. The second-order valence-electron chi connectivity index (χ2n) is 5.87. The minimum absolute atomic E-state index is 0.0892. The number of aromatic nitrogens is 2. The van der Waals surface area contributed by atoms with E-state index in [0.717, 1.165) is 10.6 Å². The standard InChI is InChI=1S/C16H21N3O3S2/c1-3-18(4-2)16(20)13-10-14(15-6-5-8-23-15)19(17-13)12-7-9-24(21,22)11-12/h5-6,8,10,12H,3-4,7,9,11H2,1-2H3. The first-order valence-corrected chi connectivity index (χ1v) is 10.8. The third-order valence-electron chi connectivity index (χ3n) is 4.33. The highest BCUT2D eigenvalue weighted by Crippen LogP contribution is 2.32. The van der Waals surface area contributed by atoms with E-state index in [2.05, 4.69) is 5.10 Å². The third kappa shape index (κ3) is 3.25. The van der Waals surface area contributed by atoms with Gasteiger partial charge in [-0.3, -0.25) is 9.48 Å². The van der Waals surface area contributed by atoms with Gasteiger partial charge in [0.15, 0.2) is 15.5 Å².